The van der Waals surface area contributed by atoms with Crippen LogP contribution in [0.5, 0.6) is 5.75 Å². The Hall–Kier alpha value is -3.51. The number of likely N-dealkylation sites (N-methyl/N-ethyl adjacent to an activating group) is 1. The highest BCUT2D eigenvalue weighted by molar-refractivity contribution is 5.97. The van der Waals surface area contributed by atoms with Gasteiger partial charge in [-0.3, -0.25) is 9.63 Å². The first-order chi connectivity index (χ1) is 26.7. The van der Waals surface area contributed by atoms with E-state index in [1.54, 1.807) is 0 Å². The zero-order valence-corrected chi connectivity index (χ0v) is 35.2. The fourth-order valence-corrected chi connectivity index (χ4v) is 9.84. The number of nitrogens with zero attached hydrogens (tertiary/aromatic N) is 3. The predicted molar refractivity (Wildman–Crippen MR) is 225 cm³/mol. The summed E-state index contributed by atoms with van der Waals surface area (Å²) in [7, 11) is 8.02. The van der Waals surface area contributed by atoms with Gasteiger partial charge in [-0.25, -0.2) is 0 Å². The van der Waals surface area contributed by atoms with Crippen LogP contribution in [0, 0.1) is 29.1 Å². The van der Waals surface area contributed by atoms with Crippen molar-refractivity contribution in [3.8, 4) is 16.9 Å². The number of hydroxylamine groups is 2. The van der Waals surface area contributed by atoms with Crippen LogP contribution >= 0.6 is 0 Å². The highest BCUT2D eigenvalue weighted by atomic mass is 16.7. The van der Waals surface area contributed by atoms with Gasteiger partial charge in [-0.15, -0.1) is 0 Å². The average molecular weight is 770 g/mol. The molecule has 1 saturated heterocycles. The predicted octanol–water partition coefficient (Wildman–Crippen LogP) is 5.86. The van der Waals surface area contributed by atoms with Crippen LogP contribution in [0.15, 0.2) is 66.7 Å². The van der Waals surface area contributed by atoms with E-state index in [0.717, 1.165) is 53.4 Å². The number of fused-ring (bicyclic) bond motifs is 2. The summed E-state index contributed by atoms with van der Waals surface area (Å²) in [6.07, 6.45) is 1.99. The van der Waals surface area contributed by atoms with E-state index in [9.17, 15) is 15.0 Å². The van der Waals surface area contributed by atoms with E-state index < -0.39 is 12.2 Å². The molecule has 3 aromatic carbocycles. The van der Waals surface area contributed by atoms with E-state index in [1.165, 1.54) is 12.0 Å². The van der Waals surface area contributed by atoms with Crippen molar-refractivity contribution in [3.63, 3.8) is 0 Å². The van der Waals surface area contributed by atoms with Crippen LogP contribution in [0.1, 0.15) is 68.9 Å². The summed E-state index contributed by atoms with van der Waals surface area (Å²) in [5, 5.41) is 30.9. The van der Waals surface area contributed by atoms with Crippen molar-refractivity contribution >= 4 is 11.6 Å². The zero-order valence-electron chi connectivity index (χ0n) is 35.2. The smallest absolute Gasteiger partial charge is 0.251 e. The molecule has 0 aromatic heterocycles. The van der Waals surface area contributed by atoms with Crippen molar-refractivity contribution in [1.29, 1.82) is 0 Å². The maximum Gasteiger partial charge on any atom is 0.251 e. The van der Waals surface area contributed by atoms with Crippen LogP contribution in [-0.2, 0) is 17.8 Å². The molecule has 0 radical (unpaired) electrons. The molecular formula is C46H67N5O5. The maximum absolute atomic E-state index is 13.6. The molecule has 1 aliphatic heterocycles. The number of aliphatic hydroxyl groups excluding tert-OH is 2. The van der Waals surface area contributed by atoms with Crippen molar-refractivity contribution in [3.05, 3.63) is 83.4 Å². The lowest BCUT2D eigenvalue weighted by molar-refractivity contribution is -0.182. The molecule has 7 rings (SSSR count). The number of amides is 1. The van der Waals surface area contributed by atoms with E-state index >= 15 is 0 Å². The summed E-state index contributed by atoms with van der Waals surface area (Å²) in [5.74, 6) is 2.28. The summed E-state index contributed by atoms with van der Waals surface area (Å²) in [4.78, 5) is 24.3. The Morgan fingerprint density at radius 3 is 2.43 bits per heavy atom. The van der Waals surface area contributed by atoms with Gasteiger partial charge < -0.3 is 35.4 Å². The van der Waals surface area contributed by atoms with Gasteiger partial charge in [-0.1, -0.05) is 69.3 Å². The molecule has 4 N–H and O–H groups in total. The largest absolute Gasteiger partial charge is 0.491 e. The number of carbonyl (C=O) groups excluding carboxylic acids is 1. The van der Waals surface area contributed by atoms with E-state index in [1.807, 2.05) is 81.5 Å². The Labute approximate surface area is 335 Å². The average Bonchev–Trinajstić information content (AvgIpc) is 3.54. The molecule has 3 aromatic rings. The third-order valence-corrected chi connectivity index (χ3v) is 13.3. The monoisotopic (exact) mass is 770 g/mol. The lowest BCUT2D eigenvalue weighted by Crippen LogP contribution is -2.63. The minimum Gasteiger partial charge on any atom is -0.491 e. The molecule has 1 unspecified atom stereocenters. The first-order valence-corrected chi connectivity index (χ1v) is 20.7. The van der Waals surface area contributed by atoms with Crippen LogP contribution in [0.4, 0.5) is 5.69 Å². The van der Waals surface area contributed by atoms with Crippen molar-refractivity contribution < 1.29 is 24.6 Å². The number of aliphatic hydroxyl groups is 2. The molecule has 0 spiro atoms. The molecule has 1 amide bonds. The van der Waals surface area contributed by atoms with Gasteiger partial charge in [0.1, 0.15) is 18.5 Å². The fourth-order valence-electron chi connectivity index (χ4n) is 9.84. The van der Waals surface area contributed by atoms with Gasteiger partial charge in [0.05, 0.1) is 25.3 Å². The van der Waals surface area contributed by atoms with Crippen LogP contribution in [0.2, 0.25) is 0 Å². The molecule has 9 atom stereocenters. The second kappa shape index (κ2) is 18.0. The second-order valence-electron chi connectivity index (χ2n) is 17.8. The van der Waals surface area contributed by atoms with E-state index in [-0.39, 0.29) is 30.5 Å². The lowest BCUT2D eigenvalue weighted by atomic mass is 9.44. The summed E-state index contributed by atoms with van der Waals surface area (Å²) in [5.41, 5.74) is 5.74. The van der Waals surface area contributed by atoms with Gasteiger partial charge in [0, 0.05) is 67.6 Å². The molecule has 4 fully saturated rings. The number of carbonyl (C=O) groups is 1. The normalized spacial score (nSPS) is 26.8. The van der Waals surface area contributed by atoms with Gasteiger partial charge in [0.15, 0.2) is 0 Å². The Bertz CT molecular complexity index is 1770. The van der Waals surface area contributed by atoms with Crippen molar-refractivity contribution in [2.45, 2.75) is 90.8 Å². The SMILES string of the molecule is CC(N[C@H]1C[C@H]2C[C@@H]([C@@H]1C)C2(C)C)[C@@H]1[C@H]([C@H](C)O)[C@H](CO)ON1Cc1cccc(-c2cc(C(=O)NCCc3ccccc3)cc(N(C)C)c2)c1OCCN(C)C. The Morgan fingerprint density at radius 2 is 1.79 bits per heavy atom. The van der Waals surface area contributed by atoms with Crippen LogP contribution < -0.4 is 20.3 Å². The first kappa shape index (κ1) is 42.1. The molecular weight excluding hydrogens is 703 g/mol. The van der Waals surface area contributed by atoms with E-state index in [4.69, 9.17) is 9.57 Å². The quantitative estimate of drug-likeness (QED) is 0.134. The van der Waals surface area contributed by atoms with Crippen LogP contribution in [-0.4, -0.2) is 111 Å². The third-order valence-electron chi connectivity index (χ3n) is 13.3. The zero-order chi connectivity index (χ0) is 40.3. The highest BCUT2D eigenvalue weighted by Gasteiger charge is 2.57. The minimum atomic E-state index is -0.685. The number of rotatable bonds is 17. The van der Waals surface area contributed by atoms with Crippen molar-refractivity contribution in [2.24, 2.45) is 29.1 Å². The highest BCUT2D eigenvalue weighted by Crippen LogP contribution is 2.61. The van der Waals surface area contributed by atoms with Gasteiger partial charge in [0.2, 0.25) is 0 Å². The van der Waals surface area contributed by atoms with E-state index in [0.29, 0.717) is 48.6 Å². The number of ether oxygens (including phenoxy) is 1. The molecule has 1 heterocycles. The minimum absolute atomic E-state index is 0.0137. The number of hydrogen-bond donors (Lipinski definition) is 4. The van der Waals surface area contributed by atoms with Crippen molar-refractivity contribution in [1.82, 2.24) is 20.6 Å². The third kappa shape index (κ3) is 9.11. The second-order valence-corrected chi connectivity index (χ2v) is 17.8. The molecule has 10 nitrogen and oxygen atoms in total. The first-order valence-electron chi connectivity index (χ1n) is 20.7. The van der Waals surface area contributed by atoms with Gasteiger partial charge >= 0.3 is 0 Å². The molecule has 3 saturated carbocycles. The number of anilines is 1. The van der Waals surface area contributed by atoms with Gasteiger partial charge in [-0.2, -0.15) is 5.06 Å². The summed E-state index contributed by atoms with van der Waals surface area (Å²) in [6.45, 7) is 13.2. The lowest BCUT2D eigenvalue weighted by Gasteiger charge is -2.62. The number of nitrogens with one attached hydrogen (secondary N) is 2. The number of benzene rings is 3. The van der Waals surface area contributed by atoms with Gasteiger partial charge in [-0.05, 0) is 99.7 Å². The summed E-state index contributed by atoms with van der Waals surface area (Å²) < 4.78 is 6.70. The van der Waals surface area contributed by atoms with Crippen LogP contribution in [0.25, 0.3) is 11.1 Å². The Morgan fingerprint density at radius 1 is 1.04 bits per heavy atom. The molecule has 10 heteroatoms. The van der Waals surface area contributed by atoms with Crippen molar-refractivity contribution in [2.75, 3.05) is 59.4 Å². The Kier molecular flexibility index (Phi) is 13.5. The molecule has 3 aliphatic carbocycles. The van der Waals surface area contributed by atoms with Crippen LogP contribution in [0.3, 0.4) is 0 Å². The van der Waals surface area contributed by atoms with E-state index in [2.05, 4.69) is 73.6 Å². The number of hydrogen-bond acceptors (Lipinski definition) is 9. The van der Waals surface area contributed by atoms with Gasteiger partial charge in [0.25, 0.3) is 5.91 Å². The summed E-state index contributed by atoms with van der Waals surface area (Å²) >= 11 is 0. The maximum atomic E-state index is 13.6. The molecule has 4 aliphatic rings. The number of para-hydroxylation sites is 1. The fraction of sp³-hybridized carbons (Fsp3) is 0.587. The standard InChI is InChI=1S/C46H67N5O5/c1-29-39-25-36(46(39,4)5)26-40(29)48-30(2)43-42(31(3)53)41(28-52)56-51(43)27-33-16-13-17-38(44(33)55-21-20-49(6)7)34-22-35(24-37(23-34)50(8)9)45(54)47-19-18-32-14-11-10-12-15-32/h10-17,22-24,29-31,36,39-43,48,52-53H,18-21,25-28H2,1-9H3,(H,47,54)/t29-,30?,31-,36+,39-,40-,41-,42+,43+/m0/s1. The molecule has 306 valence electrons. The molecule has 2 bridgehead atoms. The Balaban J connectivity index is 1.31. The molecule has 56 heavy (non-hydrogen) atoms. The summed E-state index contributed by atoms with van der Waals surface area (Å²) in [6, 6.07) is 22.5. The topological polar surface area (TPSA) is 110 Å².